The maximum Gasteiger partial charge on any atom is 0.226 e. The van der Waals surface area contributed by atoms with Crippen LogP contribution in [0.15, 0.2) is 16.6 Å². The van der Waals surface area contributed by atoms with Gasteiger partial charge in [-0.25, -0.2) is 0 Å². The Morgan fingerprint density at radius 3 is 3.00 bits per heavy atom. The fraction of sp³-hybridized carbons (Fsp3) is 0.462. The number of nitrogens with two attached hydrogens (primary N) is 1. The van der Waals surface area contributed by atoms with Crippen LogP contribution in [0.2, 0.25) is 0 Å². The maximum atomic E-state index is 11.7. The van der Waals surface area contributed by atoms with Crippen molar-refractivity contribution in [2.45, 2.75) is 19.8 Å². The lowest BCUT2D eigenvalue weighted by molar-refractivity contribution is -0.115. The van der Waals surface area contributed by atoms with Crippen molar-refractivity contribution in [1.29, 1.82) is 0 Å². The average molecular weight is 312 g/mol. The van der Waals surface area contributed by atoms with E-state index >= 15 is 0 Å². The number of anilines is 2. The largest absolute Gasteiger partial charge is 0.369 e. The number of aryl methyl sites for hydroxylation is 1. The minimum Gasteiger partial charge on any atom is -0.369 e. The molecule has 98 valence electrons. The van der Waals surface area contributed by atoms with Crippen molar-refractivity contribution in [3.05, 3.63) is 22.2 Å². The quantitative estimate of drug-likeness (QED) is 0.900. The molecule has 0 unspecified atom stereocenters. The highest BCUT2D eigenvalue weighted by molar-refractivity contribution is 9.10. The monoisotopic (exact) mass is 311 g/mol. The number of nitrogens with one attached hydrogen (secondary N) is 1. The van der Waals surface area contributed by atoms with E-state index in [1.54, 1.807) is 0 Å². The van der Waals surface area contributed by atoms with Gasteiger partial charge in [-0.3, -0.25) is 4.79 Å². The topological polar surface area (TPSA) is 58.4 Å². The number of rotatable bonds is 3. The smallest absolute Gasteiger partial charge is 0.226 e. The fourth-order valence-corrected chi connectivity index (χ4v) is 2.89. The summed E-state index contributed by atoms with van der Waals surface area (Å²) >= 11 is 3.47. The third kappa shape index (κ3) is 2.84. The first kappa shape index (κ1) is 13.4. The first-order valence-electron chi connectivity index (χ1n) is 6.17. The predicted octanol–water partition coefficient (Wildman–Crippen LogP) is 2.25. The van der Waals surface area contributed by atoms with Gasteiger partial charge in [0.1, 0.15) is 0 Å². The molecule has 0 saturated heterocycles. The van der Waals surface area contributed by atoms with Crippen LogP contribution in [0.25, 0.3) is 0 Å². The zero-order valence-electron chi connectivity index (χ0n) is 10.5. The molecule has 1 aromatic carbocycles. The summed E-state index contributed by atoms with van der Waals surface area (Å²) in [4.78, 5) is 14.0. The van der Waals surface area contributed by atoms with Crippen molar-refractivity contribution in [3.63, 3.8) is 0 Å². The molecule has 5 heteroatoms. The summed E-state index contributed by atoms with van der Waals surface area (Å²) in [6, 6.07) is 4.03. The van der Waals surface area contributed by atoms with Gasteiger partial charge in [-0.2, -0.15) is 0 Å². The fourth-order valence-electron chi connectivity index (χ4n) is 2.32. The molecule has 0 aliphatic carbocycles. The second kappa shape index (κ2) is 5.71. The van der Waals surface area contributed by atoms with Crippen LogP contribution in [0.5, 0.6) is 0 Å². The Kier molecular flexibility index (Phi) is 4.24. The number of fused-ring (bicyclic) bond motifs is 1. The number of hydrogen-bond donors (Lipinski definition) is 2. The van der Waals surface area contributed by atoms with E-state index in [9.17, 15) is 4.79 Å². The lowest BCUT2D eigenvalue weighted by atomic mass is 10.1. The van der Waals surface area contributed by atoms with Crippen molar-refractivity contribution >= 4 is 33.2 Å². The van der Waals surface area contributed by atoms with E-state index in [4.69, 9.17) is 5.73 Å². The summed E-state index contributed by atoms with van der Waals surface area (Å²) in [6.45, 7) is 4.38. The van der Waals surface area contributed by atoms with E-state index in [0.717, 1.165) is 35.4 Å². The predicted molar refractivity (Wildman–Crippen MR) is 78.0 cm³/mol. The standard InChI is InChI=1S/C13H18BrN3O/c1-9-7-10(14)8-11-13(9)17(5-2-4-15)6-3-12(18)16-11/h7-8H,2-6,15H2,1H3,(H,16,18). The van der Waals surface area contributed by atoms with Gasteiger partial charge >= 0.3 is 0 Å². The van der Waals surface area contributed by atoms with Gasteiger partial charge in [-0.1, -0.05) is 15.9 Å². The normalized spacial score (nSPS) is 15.1. The van der Waals surface area contributed by atoms with Crippen LogP contribution < -0.4 is 16.0 Å². The molecular weight excluding hydrogens is 294 g/mol. The first-order chi connectivity index (χ1) is 8.61. The van der Waals surface area contributed by atoms with Crippen molar-refractivity contribution in [2.24, 2.45) is 5.73 Å². The lowest BCUT2D eigenvalue weighted by Crippen LogP contribution is -2.27. The number of halogens is 1. The number of hydrogen-bond acceptors (Lipinski definition) is 3. The van der Waals surface area contributed by atoms with Gasteiger partial charge in [0.05, 0.1) is 11.4 Å². The Morgan fingerprint density at radius 1 is 1.50 bits per heavy atom. The Balaban J connectivity index is 2.40. The summed E-state index contributed by atoms with van der Waals surface area (Å²) in [5.74, 6) is 0.0731. The molecule has 2 rings (SSSR count). The second-order valence-corrected chi connectivity index (χ2v) is 5.46. The number of amides is 1. The molecular formula is C13H18BrN3O. The Bertz CT molecular complexity index is 462. The summed E-state index contributed by atoms with van der Waals surface area (Å²) in [7, 11) is 0. The zero-order valence-corrected chi connectivity index (χ0v) is 12.1. The lowest BCUT2D eigenvalue weighted by Gasteiger charge is -2.26. The third-order valence-electron chi connectivity index (χ3n) is 3.10. The van der Waals surface area contributed by atoms with Crippen LogP contribution in [0.1, 0.15) is 18.4 Å². The molecule has 1 aliphatic heterocycles. The van der Waals surface area contributed by atoms with E-state index < -0.39 is 0 Å². The van der Waals surface area contributed by atoms with E-state index in [1.807, 2.05) is 6.07 Å². The molecule has 4 nitrogen and oxygen atoms in total. The SMILES string of the molecule is Cc1cc(Br)cc2c1N(CCCN)CCC(=O)N2. The van der Waals surface area contributed by atoms with Gasteiger partial charge < -0.3 is 16.0 Å². The van der Waals surface area contributed by atoms with Crippen LogP contribution in [-0.2, 0) is 4.79 Å². The molecule has 3 N–H and O–H groups in total. The molecule has 0 bridgehead atoms. The molecule has 1 amide bonds. The van der Waals surface area contributed by atoms with E-state index in [0.29, 0.717) is 13.0 Å². The molecule has 0 radical (unpaired) electrons. The second-order valence-electron chi connectivity index (χ2n) is 4.55. The molecule has 0 atom stereocenters. The summed E-state index contributed by atoms with van der Waals surface area (Å²) < 4.78 is 0.986. The summed E-state index contributed by atoms with van der Waals surface area (Å²) in [5.41, 5.74) is 8.76. The van der Waals surface area contributed by atoms with Gasteiger partial charge in [-0.15, -0.1) is 0 Å². The molecule has 0 fully saturated rings. The van der Waals surface area contributed by atoms with Crippen LogP contribution in [-0.4, -0.2) is 25.5 Å². The van der Waals surface area contributed by atoms with Crippen molar-refractivity contribution < 1.29 is 4.79 Å². The van der Waals surface area contributed by atoms with E-state index in [2.05, 4.69) is 39.1 Å². The Morgan fingerprint density at radius 2 is 2.28 bits per heavy atom. The van der Waals surface area contributed by atoms with Crippen LogP contribution in [0.3, 0.4) is 0 Å². The summed E-state index contributed by atoms with van der Waals surface area (Å²) in [6.07, 6.45) is 1.46. The highest BCUT2D eigenvalue weighted by Crippen LogP contribution is 2.35. The van der Waals surface area contributed by atoms with Gasteiger partial charge in [0.15, 0.2) is 0 Å². The first-order valence-corrected chi connectivity index (χ1v) is 6.96. The van der Waals surface area contributed by atoms with Gasteiger partial charge in [-0.05, 0) is 37.6 Å². The molecule has 1 heterocycles. The molecule has 0 spiro atoms. The Labute approximate surface area is 116 Å². The van der Waals surface area contributed by atoms with E-state index in [-0.39, 0.29) is 5.91 Å². The third-order valence-corrected chi connectivity index (χ3v) is 3.55. The van der Waals surface area contributed by atoms with Crippen LogP contribution >= 0.6 is 15.9 Å². The maximum absolute atomic E-state index is 11.7. The van der Waals surface area contributed by atoms with Crippen LogP contribution in [0, 0.1) is 6.92 Å². The van der Waals surface area contributed by atoms with E-state index in [1.165, 1.54) is 5.56 Å². The minimum atomic E-state index is 0.0731. The average Bonchev–Trinajstić information content (AvgIpc) is 2.45. The summed E-state index contributed by atoms with van der Waals surface area (Å²) in [5, 5.41) is 2.97. The minimum absolute atomic E-state index is 0.0731. The van der Waals surface area contributed by atoms with Gasteiger partial charge in [0.25, 0.3) is 0 Å². The van der Waals surface area contributed by atoms with Gasteiger partial charge in [0.2, 0.25) is 5.91 Å². The highest BCUT2D eigenvalue weighted by atomic mass is 79.9. The zero-order chi connectivity index (χ0) is 13.1. The van der Waals surface area contributed by atoms with Crippen molar-refractivity contribution in [1.82, 2.24) is 0 Å². The Hall–Kier alpha value is -1.07. The highest BCUT2D eigenvalue weighted by Gasteiger charge is 2.20. The number of nitrogens with zero attached hydrogens (tertiary/aromatic N) is 1. The van der Waals surface area contributed by atoms with Crippen molar-refractivity contribution in [3.8, 4) is 0 Å². The van der Waals surface area contributed by atoms with Crippen LogP contribution in [0.4, 0.5) is 11.4 Å². The number of carbonyl (C=O) groups excluding carboxylic acids is 1. The molecule has 18 heavy (non-hydrogen) atoms. The van der Waals surface area contributed by atoms with Crippen molar-refractivity contribution in [2.75, 3.05) is 29.9 Å². The number of benzene rings is 1. The molecule has 0 saturated carbocycles. The molecule has 0 aromatic heterocycles. The number of carbonyl (C=O) groups is 1. The molecule has 1 aromatic rings. The molecule has 1 aliphatic rings. The van der Waals surface area contributed by atoms with Gasteiger partial charge in [0, 0.05) is 24.0 Å².